The number of nitrogens with one attached hydrogen (secondary N) is 1. The summed E-state index contributed by atoms with van der Waals surface area (Å²) < 4.78 is 0. The number of rotatable bonds is 3. The van der Waals surface area contributed by atoms with Crippen molar-refractivity contribution in [3.8, 4) is 0 Å². The van der Waals surface area contributed by atoms with Crippen molar-refractivity contribution < 1.29 is 17.1 Å². The van der Waals surface area contributed by atoms with Crippen LogP contribution in [0.2, 0.25) is 0 Å². The molecule has 2 heterocycles. The quantitative estimate of drug-likeness (QED) is 0.441. The maximum atomic E-state index is 5.83. The van der Waals surface area contributed by atoms with Crippen LogP contribution in [0, 0.1) is 0 Å². The van der Waals surface area contributed by atoms with Crippen molar-refractivity contribution in [1.82, 2.24) is 19.9 Å². The van der Waals surface area contributed by atoms with E-state index in [0.29, 0.717) is 17.0 Å². The Labute approximate surface area is 145 Å². The molecule has 0 fully saturated rings. The molecule has 23 heavy (non-hydrogen) atoms. The van der Waals surface area contributed by atoms with Crippen LogP contribution < -0.4 is 5.73 Å². The monoisotopic (exact) mass is 347 g/mol. The molecule has 0 aliphatic rings. The maximum Gasteiger partial charge on any atom is 2.00 e. The standard InChI is InChI=1S/C12H12N5.C5H5.Fe/c13-11-10-12(15-7-14-10)17-9(16-11)6-5-8-3-1-2-4-8;1-2-4-5-3-1;/h1-4,7H,5-6H2,(H3,13,14,15,16,17);1-5H;/q2*-1;+2. The largest absolute Gasteiger partial charge is 2.00 e. The first-order valence-corrected chi connectivity index (χ1v) is 7.15. The van der Waals surface area contributed by atoms with E-state index in [2.05, 4.69) is 32.1 Å². The van der Waals surface area contributed by atoms with E-state index in [9.17, 15) is 0 Å². The van der Waals surface area contributed by atoms with E-state index < -0.39 is 0 Å². The fourth-order valence-corrected chi connectivity index (χ4v) is 2.17. The third-order valence-electron chi connectivity index (χ3n) is 3.28. The summed E-state index contributed by atoms with van der Waals surface area (Å²) in [6.45, 7) is 0. The fourth-order valence-electron chi connectivity index (χ4n) is 2.17. The second-order valence-electron chi connectivity index (χ2n) is 4.88. The summed E-state index contributed by atoms with van der Waals surface area (Å²) in [4.78, 5) is 15.7. The molecular formula is C17H17FeN5. The Hall–Kier alpha value is -2.43. The Balaban J connectivity index is 0.000000276. The van der Waals surface area contributed by atoms with E-state index in [-0.39, 0.29) is 17.1 Å². The normalized spacial score (nSPS) is 9.91. The summed E-state index contributed by atoms with van der Waals surface area (Å²) in [5.74, 6) is 1.20. The average molecular weight is 347 g/mol. The smallest absolute Gasteiger partial charge is 0.382 e. The number of anilines is 1. The van der Waals surface area contributed by atoms with Crippen molar-refractivity contribution in [3.63, 3.8) is 0 Å². The van der Waals surface area contributed by atoms with E-state index in [1.54, 1.807) is 6.33 Å². The van der Waals surface area contributed by atoms with Gasteiger partial charge < -0.3 is 10.7 Å². The first-order chi connectivity index (χ1) is 10.8. The predicted octanol–water partition coefficient (Wildman–Crippen LogP) is 2.84. The van der Waals surface area contributed by atoms with E-state index in [1.807, 2.05) is 42.5 Å². The first-order valence-electron chi connectivity index (χ1n) is 7.15. The molecular weight excluding hydrogens is 330 g/mol. The van der Waals surface area contributed by atoms with Gasteiger partial charge >= 0.3 is 17.1 Å². The predicted molar refractivity (Wildman–Crippen MR) is 87.6 cm³/mol. The van der Waals surface area contributed by atoms with Gasteiger partial charge in [-0.3, -0.25) is 0 Å². The minimum Gasteiger partial charge on any atom is -0.382 e. The number of nitrogens with two attached hydrogens (primary N) is 1. The number of fused-ring (bicyclic) bond motifs is 1. The van der Waals surface area contributed by atoms with Crippen molar-refractivity contribution in [2.75, 3.05) is 5.73 Å². The Morgan fingerprint density at radius 1 is 1.09 bits per heavy atom. The van der Waals surface area contributed by atoms with Gasteiger partial charge in [0.15, 0.2) is 11.5 Å². The molecule has 0 bridgehead atoms. The Bertz CT molecular complexity index is 786. The fraction of sp³-hybridized carbons (Fsp3) is 0.118. The van der Waals surface area contributed by atoms with Crippen molar-refractivity contribution >= 4 is 17.0 Å². The number of aryl methyl sites for hydroxylation is 2. The molecule has 0 atom stereocenters. The molecule has 2 aromatic heterocycles. The summed E-state index contributed by atoms with van der Waals surface area (Å²) in [7, 11) is 0. The second kappa shape index (κ2) is 8.27. The number of nitrogen functional groups attached to an aromatic ring is 1. The van der Waals surface area contributed by atoms with Gasteiger partial charge in [0, 0.05) is 6.42 Å². The molecule has 0 amide bonds. The number of imidazole rings is 1. The van der Waals surface area contributed by atoms with Crippen LogP contribution in [0.4, 0.5) is 5.82 Å². The van der Waals surface area contributed by atoms with Crippen LogP contribution >= 0.6 is 0 Å². The van der Waals surface area contributed by atoms with Gasteiger partial charge in [0.2, 0.25) is 0 Å². The molecule has 4 aromatic rings. The zero-order chi connectivity index (χ0) is 15.2. The van der Waals surface area contributed by atoms with Gasteiger partial charge in [-0.2, -0.15) is 35.9 Å². The molecule has 3 N–H and O–H groups in total. The molecule has 0 radical (unpaired) electrons. The van der Waals surface area contributed by atoms with Gasteiger partial charge in [0.05, 0.1) is 6.33 Å². The van der Waals surface area contributed by atoms with E-state index in [1.165, 1.54) is 5.56 Å². The Morgan fingerprint density at radius 3 is 2.48 bits per heavy atom. The Kier molecular flexibility index (Phi) is 6.09. The van der Waals surface area contributed by atoms with Crippen molar-refractivity contribution in [1.29, 1.82) is 0 Å². The molecule has 0 saturated heterocycles. The molecule has 0 aliphatic heterocycles. The molecule has 2 aromatic carbocycles. The third-order valence-corrected chi connectivity index (χ3v) is 3.28. The SMILES string of the molecule is Nc1nc(CC[c-]2cccc2)nc2nc[nH]c12.[Fe+2].c1cc[cH-]c1. The number of nitrogens with zero attached hydrogens (tertiary/aromatic N) is 3. The number of aromatic amines is 1. The summed E-state index contributed by atoms with van der Waals surface area (Å²) >= 11 is 0. The zero-order valence-electron chi connectivity index (χ0n) is 12.5. The topological polar surface area (TPSA) is 80.5 Å². The summed E-state index contributed by atoms with van der Waals surface area (Å²) in [6, 6.07) is 18.2. The summed E-state index contributed by atoms with van der Waals surface area (Å²) in [5.41, 5.74) is 8.46. The van der Waals surface area contributed by atoms with Crippen LogP contribution in [-0.4, -0.2) is 19.9 Å². The van der Waals surface area contributed by atoms with Gasteiger partial charge in [-0.05, 0) is 0 Å². The Morgan fingerprint density at radius 2 is 1.83 bits per heavy atom. The van der Waals surface area contributed by atoms with Crippen LogP contribution in [0.25, 0.3) is 11.2 Å². The summed E-state index contributed by atoms with van der Waals surface area (Å²) in [6.07, 6.45) is 3.27. The number of aromatic nitrogens is 4. The van der Waals surface area contributed by atoms with Gasteiger partial charge in [0.1, 0.15) is 11.3 Å². The van der Waals surface area contributed by atoms with Crippen LogP contribution in [-0.2, 0) is 29.9 Å². The molecule has 0 unspecified atom stereocenters. The zero-order valence-corrected chi connectivity index (χ0v) is 13.6. The minimum atomic E-state index is 0. The molecule has 0 saturated carbocycles. The molecule has 0 spiro atoms. The molecule has 0 aliphatic carbocycles. The molecule has 5 nitrogen and oxygen atoms in total. The summed E-state index contributed by atoms with van der Waals surface area (Å²) in [5, 5.41) is 0. The van der Waals surface area contributed by atoms with Gasteiger partial charge in [-0.25, -0.2) is 39.2 Å². The molecule has 6 heteroatoms. The van der Waals surface area contributed by atoms with Gasteiger partial charge in [-0.15, -0.1) is 0 Å². The number of hydrogen-bond acceptors (Lipinski definition) is 4. The van der Waals surface area contributed by atoms with Gasteiger partial charge in [0.25, 0.3) is 0 Å². The van der Waals surface area contributed by atoms with E-state index in [0.717, 1.165) is 18.7 Å². The molecule has 118 valence electrons. The average Bonchev–Trinajstić information content (AvgIpc) is 3.26. The van der Waals surface area contributed by atoms with Gasteiger partial charge in [-0.1, -0.05) is 6.42 Å². The third kappa shape index (κ3) is 4.52. The van der Waals surface area contributed by atoms with Crippen molar-refractivity contribution in [2.24, 2.45) is 0 Å². The maximum absolute atomic E-state index is 5.83. The number of hydrogen-bond donors (Lipinski definition) is 2. The van der Waals surface area contributed by atoms with Crippen LogP contribution in [0.3, 0.4) is 0 Å². The second-order valence-corrected chi connectivity index (χ2v) is 4.88. The first kappa shape index (κ1) is 16.9. The van der Waals surface area contributed by atoms with E-state index in [4.69, 9.17) is 5.73 Å². The van der Waals surface area contributed by atoms with Crippen LogP contribution in [0.1, 0.15) is 11.4 Å². The van der Waals surface area contributed by atoms with Crippen molar-refractivity contribution in [3.05, 3.63) is 72.3 Å². The molecule has 4 rings (SSSR count). The van der Waals surface area contributed by atoms with E-state index >= 15 is 0 Å². The van der Waals surface area contributed by atoms with Crippen LogP contribution in [0.15, 0.2) is 60.9 Å². The van der Waals surface area contributed by atoms with Crippen molar-refractivity contribution in [2.45, 2.75) is 12.8 Å². The number of H-pyrrole nitrogens is 1. The van der Waals surface area contributed by atoms with Crippen LogP contribution in [0.5, 0.6) is 0 Å². The minimum absolute atomic E-state index is 0.